The lowest BCUT2D eigenvalue weighted by Crippen LogP contribution is -2.24. The Morgan fingerprint density at radius 2 is 1.68 bits per heavy atom. The van der Waals surface area contributed by atoms with Crippen LogP contribution in [-0.4, -0.2) is 10.8 Å². The lowest BCUT2D eigenvalue weighted by molar-refractivity contribution is 0.475. The molecule has 0 aromatic heterocycles. The van der Waals surface area contributed by atoms with Gasteiger partial charge in [-0.15, -0.1) is 0 Å². The number of phenolic OH excluding ortho intramolecular Hbond substituents is 1. The Morgan fingerprint density at radius 1 is 0.960 bits per heavy atom. The molecule has 3 aromatic carbocycles. The van der Waals surface area contributed by atoms with Gasteiger partial charge in [0.2, 0.25) is 0 Å². The van der Waals surface area contributed by atoms with E-state index in [2.05, 4.69) is 63.3 Å². The maximum atomic E-state index is 9.42. The van der Waals surface area contributed by atoms with Crippen molar-refractivity contribution in [2.75, 3.05) is 0 Å². The fraction of sp³-hybridized carbons (Fsp3) is 0.174. The van der Waals surface area contributed by atoms with Crippen LogP contribution in [0.15, 0.2) is 65.7 Å². The van der Waals surface area contributed by atoms with Crippen molar-refractivity contribution < 1.29 is 5.11 Å². The summed E-state index contributed by atoms with van der Waals surface area (Å²) in [5, 5.41) is 12.0. The molecule has 0 amide bonds. The van der Waals surface area contributed by atoms with E-state index in [-0.39, 0.29) is 11.2 Å². The fourth-order valence-electron chi connectivity index (χ4n) is 3.65. The molecule has 0 saturated carbocycles. The molecule has 0 fully saturated rings. The minimum atomic E-state index is -0.144. The largest absolute Gasteiger partial charge is 0.508 e. The molecule has 1 heterocycles. The Morgan fingerprint density at radius 3 is 2.44 bits per heavy atom. The van der Waals surface area contributed by atoms with Crippen molar-refractivity contribution in [3.05, 3.63) is 77.4 Å². The Bertz CT molecular complexity index is 1020. The van der Waals surface area contributed by atoms with Crippen molar-refractivity contribution in [2.45, 2.75) is 26.2 Å². The predicted octanol–water partition coefficient (Wildman–Crippen LogP) is 5.93. The Balaban J connectivity index is 1.81. The van der Waals surface area contributed by atoms with Gasteiger partial charge in [0.25, 0.3) is 0 Å². The van der Waals surface area contributed by atoms with E-state index in [0.717, 1.165) is 17.0 Å². The number of aryl methyl sites for hydroxylation is 1. The van der Waals surface area contributed by atoms with E-state index < -0.39 is 0 Å². The van der Waals surface area contributed by atoms with E-state index in [1.54, 1.807) is 12.1 Å². The molecule has 0 bridgehead atoms. The molecule has 1 aliphatic rings. The zero-order chi connectivity index (χ0) is 17.6. The van der Waals surface area contributed by atoms with E-state index >= 15 is 0 Å². The van der Waals surface area contributed by atoms with Crippen molar-refractivity contribution in [1.82, 2.24) is 0 Å². The molecule has 25 heavy (non-hydrogen) atoms. The molecule has 0 saturated heterocycles. The number of phenols is 1. The van der Waals surface area contributed by atoms with Crippen LogP contribution in [0.2, 0.25) is 0 Å². The minimum Gasteiger partial charge on any atom is -0.508 e. The second kappa shape index (κ2) is 5.59. The summed E-state index contributed by atoms with van der Waals surface area (Å²) in [6.07, 6.45) is 4.16. The molecule has 0 atom stereocenters. The molecule has 0 unspecified atom stereocenters. The third-order valence-corrected chi connectivity index (χ3v) is 5.04. The number of allylic oxidation sites excluding steroid dienone is 1. The Kier molecular flexibility index (Phi) is 3.50. The molecule has 1 N–H and O–H groups in total. The second-order valence-corrected chi connectivity index (χ2v) is 7.19. The zero-order valence-corrected chi connectivity index (χ0v) is 14.7. The first-order valence-corrected chi connectivity index (χ1v) is 8.56. The summed E-state index contributed by atoms with van der Waals surface area (Å²) >= 11 is 0. The van der Waals surface area contributed by atoms with Gasteiger partial charge in [-0.3, -0.25) is 4.99 Å². The van der Waals surface area contributed by atoms with Crippen LogP contribution in [-0.2, 0) is 5.41 Å². The Labute approximate surface area is 148 Å². The van der Waals surface area contributed by atoms with Gasteiger partial charge in [0, 0.05) is 5.41 Å². The average Bonchev–Trinajstić information content (AvgIpc) is 2.86. The van der Waals surface area contributed by atoms with Crippen LogP contribution >= 0.6 is 0 Å². The molecule has 0 radical (unpaired) electrons. The van der Waals surface area contributed by atoms with Crippen LogP contribution in [0.5, 0.6) is 5.75 Å². The zero-order valence-electron chi connectivity index (χ0n) is 14.7. The number of benzene rings is 3. The van der Waals surface area contributed by atoms with Crippen LogP contribution in [0.1, 0.15) is 30.5 Å². The smallest absolute Gasteiger partial charge is 0.115 e. The van der Waals surface area contributed by atoms with Crippen LogP contribution in [0.3, 0.4) is 0 Å². The number of nitrogens with zero attached hydrogens (tertiary/aromatic N) is 1. The third-order valence-electron chi connectivity index (χ3n) is 5.04. The van der Waals surface area contributed by atoms with Crippen molar-refractivity contribution in [3.63, 3.8) is 0 Å². The topological polar surface area (TPSA) is 32.6 Å². The maximum absolute atomic E-state index is 9.42. The molecule has 3 aromatic rings. The van der Waals surface area contributed by atoms with Gasteiger partial charge >= 0.3 is 0 Å². The van der Waals surface area contributed by atoms with Crippen molar-refractivity contribution >= 4 is 28.2 Å². The van der Waals surface area contributed by atoms with E-state index in [1.165, 1.54) is 21.9 Å². The first-order valence-electron chi connectivity index (χ1n) is 8.56. The van der Waals surface area contributed by atoms with Gasteiger partial charge in [0.15, 0.2) is 0 Å². The van der Waals surface area contributed by atoms with E-state index in [4.69, 9.17) is 4.99 Å². The van der Waals surface area contributed by atoms with E-state index in [9.17, 15) is 5.11 Å². The molecule has 0 spiro atoms. The SMILES string of the molecule is Cc1cc2ccccc2c2c1N=C(C=Cc1ccc(O)cc1)C2(C)C. The summed E-state index contributed by atoms with van der Waals surface area (Å²) in [5.74, 6) is 0.283. The summed E-state index contributed by atoms with van der Waals surface area (Å²) in [4.78, 5) is 4.97. The fourth-order valence-corrected chi connectivity index (χ4v) is 3.65. The van der Waals surface area contributed by atoms with Crippen LogP contribution in [0.4, 0.5) is 5.69 Å². The number of hydrogen-bond donors (Lipinski definition) is 1. The Hall–Kier alpha value is -2.87. The predicted molar refractivity (Wildman–Crippen MR) is 106 cm³/mol. The van der Waals surface area contributed by atoms with Gasteiger partial charge in [0.1, 0.15) is 5.75 Å². The molecule has 1 aliphatic heterocycles. The number of aliphatic imine (C=N–C) groups is 1. The van der Waals surface area contributed by atoms with Gasteiger partial charge in [0.05, 0.1) is 11.4 Å². The van der Waals surface area contributed by atoms with E-state index in [0.29, 0.717) is 0 Å². The average molecular weight is 327 g/mol. The van der Waals surface area contributed by atoms with Crippen LogP contribution in [0, 0.1) is 6.92 Å². The monoisotopic (exact) mass is 327 g/mol. The second-order valence-electron chi connectivity index (χ2n) is 7.19. The molecule has 2 nitrogen and oxygen atoms in total. The first kappa shape index (κ1) is 15.6. The highest BCUT2D eigenvalue weighted by atomic mass is 16.3. The van der Waals surface area contributed by atoms with Gasteiger partial charge in [-0.2, -0.15) is 0 Å². The third kappa shape index (κ3) is 2.54. The number of fused-ring (bicyclic) bond motifs is 3. The van der Waals surface area contributed by atoms with Gasteiger partial charge in [-0.1, -0.05) is 56.3 Å². The minimum absolute atomic E-state index is 0.144. The quantitative estimate of drug-likeness (QED) is 0.621. The molecular weight excluding hydrogens is 306 g/mol. The lowest BCUT2D eigenvalue weighted by Gasteiger charge is -2.22. The molecular formula is C23H21NO. The van der Waals surface area contributed by atoms with Gasteiger partial charge < -0.3 is 5.11 Å². The van der Waals surface area contributed by atoms with E-state index in [1.807, 2.05) is 12.1 Å². The molecule has 0 aliphatic carbocycles. The molecule has 124 valence electrons. The number of hydrogen-bond acceptors (Lipinski definition) is 2. The van der Waals surface area contributed by atoms with Crippen molar-refractivity contribution in [1.29, 1.82) is 0 Å². The highest BCUT2D eigenvalue weighted by Crippen LogP contribution is 2.46. The van der Waals surface area contributed by atoms with Crippen molar-refractivity contribution in [2.24, 2.45) is 4.99 Å². The highest BCUT2D eigenvalue weighted by Gasteiger charge is 2.35. The normalized spacial score (nSPS) is 15.6. The summed E-state index contributed by atoms with van der Waals surface area (Å²) in [6.45, 7) is 6.62. The van der Waals surface area contributed by atoms with Gasteiger partial charge in [-0.05, 0) is 58.7 Å². The summed E-state index contributed by atoms with van der Waals surface area (Å²) in [5.41, 5.74) is 5.61. The van der Waals surface area contributed by atoms with Crippen molar-refractivity contribution in [3.8, 4) is 5.75 Å². The standard InChI is InChI=1S/C23H21NO/c1-15-14-17-6-4-5-7-19(17)21-22(15)24-20(23(21,2)3)13-10-16-8-11-18(25)12-9-16/h4-14,25H,1-3H3. The molecule has 2 heteroatoms. The molecule has 4 rings (SSSR count). The summed E-state index contributed by atoms with van der Waals surface area (Å²) in [6, 6.07) is 18.0. The number of aromatic hydroxyl groups is 1. The summed E-state index contributed by atoms with van der Waals surface area (Å²) < 4.78 is 0. The first-order chi connectivity index (χ1) is 12.0. The number of rotatable bonds is 2. The van der Waals surface area contributed by atoms with Crippen LogP contribution in [0.25, 0.3) is 16.8 Å². The lowest BCUT2D eigenvalue weighted by atomic mass is 9.78. The highest BCUT2D eigenvalue weighted by molar-refractivity contribution is 6.14. The maximum Gasteiger partial charge on any atom is 0.115 e. The summed E-state index contributed by atoms with van der Waals surface area (Å²) in [7, 11) is 0. The van der Waals surface area contributed by atoms with Gasteiger partial charge in [-0.25, -0.2) is 0 Å². The van der Waals surface area contributed by atoms with Crippen LogP contribution < -0.4 is 0 Å².